The number of hydrogen-bond acceptors (Lipinski definition) is 2. The molecule has 1 aromatic carbocycles. The Morgan fingerprint density at radius 2 is 2.18 bits per heavy atom. The van der Waals surface area contributed by atoms with Gasteiger partial charge in [0.05, 0.1) is 0 Å². The van der Waals surface area contributed by atoms with E-state index in [1.54, 1.807) is 11.8 Å². The van der Waals surface area contributed by atoms with Crippen LogP contribution in [0.3, 0.4) is 0 Å². The second kappa shape index (κ2) is 3.79. The third-order valence-corrected chi connectivity index (χ3v) is 2.49. The van der Waals surface area contributed by atoms with Gasteiger partial charge in [-0.3, -0.25) is 0 Å². The first kappa shape index (κ1) is 8.62. The molecule has 0 bridgehead atoms. The van der Waals surface area contributed by atoms with Crippen LogP contribution in [0.15, 0.2) is 23.1 Å². The molecule has 0 spiro atoms. The van der Waals surface area contributed by atoms with E-state index in [1.165, 1.54) is 16.0 Å². The molecular weight excluding hydrogens is 154 g/mol. The van der Waals surface area contributed by atoms with Crippen molar-refractivity contribution in [2.75, 3.05) is 6.26 Å². The van der Waals surface area contributed by atoms with Crippen LogP contribution >= 0.6 is 11.8 Å². The average molecular weight is 167 g/mol. The van der Waals surface area contributed by atoms with Gasteiger partial charge in [-0.15, -0.1) is 11.8 Å². The summed E-state index contributed by atoms with van der Waals surface area (Å²) in [5, 5.41) is 0. The van der Waals surface area contributed by atoms with E-state index in [1.807, 2.05) is 0 Å². The summed E-state index contributed by atoms with van der Waals surface area (Å²) in [6, 6.07) is 6.39. The van der Waals surface area contributed by atoms with Crippen LogP contribution in [0, 0.1) is 6.92 Å². The molecule has 0 aromatic heterocycles. The summed E-state index contributed by atoms with van der Waals surface area (Å²) in [6.45, 7) is 2.72. The summed E-state index contributed by atoms with van der Waals surface area (Å²) in [5.74, 6) is 0. The first-order chi connectivity index (χ1) is 5.27. The van der Waals surface area contributed by atoms with Crippen LogP contribution in [0.4, 0.5) is 0 Å². The van der Waals surface area contributed by atoms with Crippen molar-refractivity contribution in [1.29, 1.82) is 0 Å². The van der Waals surface area contributed by atoms with E-state index >= 15 is 0 Å². The van der Waals surface area contributed by atoms with E-state index in [9.17, 15) is 0 Å². The molecule has 0 fully saturated rings. The highest BCUT2D eigenvalue weighted by atomic mass is 32.2. The summed E-state index contributed by atoms with van der Waals surface area (Å²) in [4.78, 5) is 1.29. The Labute approximate surface area is 72.0 Å². The van der Waals surface area contributed by atoms with Crippen LogP contribution in [-0.2, 0) is 6.54 Å². The zero-order valence-corrected chi connectivity index (χ0v) is 7.74. The zero-order chi connectivity index (χ0) is 8.27. The molecule has 11 heavy (non-hydrogen) atoms. The maximum Gasteiger partial charge on any atom is 0.0189 e. The Morgan fingerprint density at radius 1 is 1.45 bits per heavy atom. The lowest BCUT2D eigenvalue weighted by atomic mass is 10.1. The van der Waals surface area contributed by atoms with Gasteiger partial charge in [-0.2, -0.15) is 0 Å². The number of benzene rings is 1. The molecule has 2 heteroatoms. The van der Waals surface area contributed by atoms with Crippen LogP contribution in [-0.4, -0.2) is 6.26 Å². The van der Waals surface area contributed by atoms with Crippen LogP contribution < -0.4 is 5.73 Å². The molecule has 0 saturated heterocycles. The first-order valence-electron chi connectivity index (χ1n) is 3.61. The molecule has 2 N–H and O–H groups in total. The predicted octanol–water partition coefficient (Wildman–Crippen LogP) is 2.18. The lowest BCUT2D eigenvalue weighted by molar-refractivity contribution is 1.02. The predicted molar refractivity (Wildman–Crippen MR) is 50.9 cm³/mol. The molecule has 0 aliphatic heterocycles. The zero-order valence-electron chi connectivity index (χ0n) is 6.92. The van der Waals surface area contributed by atoms with Crippen molar-refractivity contribution in [3.05, 3.63) is 29.3 Å². The van der Waals surface area contributed by atoms with Crippen LogP contribution in [0.25, 0.3) is 0 Å². The van der Waals surface area contributed by atoms with Gasteiger partial charge in [0, 0.05) is 11.4 Å². The van der Waals surface area contributed by atoms with Gasteiger partial charge in [0.25, 0.3) is 0 Å². The van der Waals surface area contributed by atoms with Gasteiger partial charge in [0.1, 0.15) is 0 Å². The van der Waals surface area contributed by atoms with Gasteiger partial charge in [-0.05, 0) is 24.8 Å². The number of rotatable bonds is 2. The number of thioether (sulfide) groups is 1. The minimum atomic E-state index is 0.637. The third-order valence-electron chi connectivity index (χ3n) is 1.66. The van der Waals surface area contributed by atoms with Crippen molar-refractivity contribution < 1.29 is 0 Å². The average Bonchev–Trinajstić information content (AvgIpc) is 2.04. The molecule has 0 heterocycles. The second-order valence-corrected chi connectivity index (χ2v) is 3.37. The maximum absolute atomic E-state index is 5.58. The molecule has 60 valence electrons. The van der Waals surface area contributed by atoms with Crippen LogP contribution in [0.2, 0.25) is 0 Å². The molecule has 1 rings (SSSR count). The quantitative estimate of drug-likeness (QED) is 0.683. The second-order valence-electron chi connectivity index (χ2n) is 2.52. The van der Waals surface area contributed by atoms with E-state index in [0.717, 1.165) is 0 Å². The number of hydrogen-bond donors (Lipinski definition) is 1. The van der Waals surface area contributed by atoms with Gasteiger partial charge in [-0.1, -0.05) is 17.7 Å². The van der Waals surface area contributed by atoms with Crippen molar-refractivity contribution in [2.24, 2.45) is 5.73 Å². The normalized spacial score (nSPS) is 10.1. The highest BCUT2D eigenvalue weighted by Crippen LogP contribution is 2.20. The van der Waals surface area contributed by atoms with Crippen molar-refractivity contribution in [3.63, 3.8) is 0 Å². The number of aryl methyl sites for hydroxylation is 1. The molecule has 0 unspecified atom stereocenters. The molecule has 0 aliphatic rings. The molecule has 0 aliphatic carbocycles. The monoisotopic (exact) mass is 167 g/mol. The van der Waals surface area contributed by atoms with Crippen LogP contribution in [0.5, 0.6) is 0 Å². The largest absolute Gasteiger partial charge is 0.326 e. The fourth-order valence-corrected chi connectivity index (χ4v) is 1.68. The minimum absolute atomic E-state index is 0.637. The van der Waals surface area contributed by atoms with Crippen molar-refractivity contribution in [1.82, 2.24) is 0 Å². The van der Waals surface area contributed by atoms with Crippen molar-refractivity contribution in [3.8, 4) is 0 Å². The van der Waals surface area contributed by atoms with Crippen molar-refractivity contribution in [2.45, 2.75) is 18.4 Å². The molecule has 0 atom stereocenters. The van der Waals surface area contributed by atoms with Gasteiger partial charge in [-0.25, -0.2) is 0 Å². The summed E-state index contributed by atoms with van der Waals surface area (Å²) < 4.78 is 0. The molecule has 1 nitrogen and oxygen atoms in total. The van der Waals surface area contributed by atoms with E-state index in [0.29, 0.717) is 6.54 Å². The fourth-order valence-electron chi connectivity index (χ4n) is 1.07. The molecule has 0 amide bonds. The topological polar surface area (TPSA) is 26.0 Å². The summed E-state index contributed by atoms with van der Waals surface area (Å²) >= 11 is 1.75. The molecule has 1 aromatic rings. The Morgan fingerprint density at radius 3 is 2.73 bits per heavy atom. The van der Waals surface area contributed by atoms with Crippen molar-refractivity contribution >= 4 is 11.8 Å². The SMILES string of the molecule is CSc1ccc(C)cc1CN. The Kier molecular flexibility index (Phi) is 2.97. The smallest absolute Gasteiger partial charge is 0.0189 e. The highest BCUT2D eigenvalue weighted by molar-refractivity contribution is 7.98. The summed E-state index contributed by atoms with van der Waals surface area (Å²) in [5.41, 5.74) is 8.11. The molecular formula is C9H13NS. The van der Waals surface area contributed by atoms with E-state index in [-0.39, 0.29) is 0 Å². The Balaban J connectivity index is 3.06. The maximum atomic E-state index is 5.58. The first-order valence-corrected chi connectivity index (χ1v) is 4.84. The highest BCUT2D eigenvalue weighted by Gasteiger charge is 1.97. The lowest BCUT2D eigenvalue weighted by Gasteiger charge is -2.04. The molecule has 0 saturated carbocycles. The summed E-state index contributed by atoms with van der Waals surface area (Å²) in [7, 11) is 0. The fraction of sp³-hybridized carbons (Fsp3) is 0.333. The molecule has 0 radical (unpaired) electrons. The van der Waals surface area contributed by atoms with Crippen LogP contribution in [0.1, 0.15) is 11.1 Å². The third kappa shape index (κ3) is 1.98. The van der Waals surface area contributed by atoms with Gasteiger partial charge in [0.15, 0.2) is 0 Å². The standard InChI is InChI=1S/C9H13NS/c1-7-3-4-9(11-2)8(5-7)6-10/h3-5H,6,10H2,1-2H3. The van der Waals surface area contributed by atoms with E-state index in [4.69, 9.17) is 5.73 Å². The summed E-state index contributed by atoms with van der Waals surface area (Å²) in [6.07, 6.45) is 2.07. The Bertz CT molecular complexity index is 245. The van der Waals surface area contributed by atoms with Gasteiger partial charge in [0.2, 0.25) is 0 Å². The lowest BCUT2D eigenvalue weighted by Crippen LogP contribution is -1.98. The van der Waals surface area contributed by atoms with E-state index in [2.05, 4.69) is 31.4 Å². The van der Waals surface area contributed by atoms with E-state index < -0.39 is 0 Å². The van der Waals surface area contributed by atoms with Gasteiger partial charge < -0.3 is 5.73 Å². The van der Waals surface area contributed by atoms with Gasteiger partial charge >= 0.3 is 0 Å². The Hall–Kier alpha value is -0.470. The minimum Gasteiger partial charge on any atom is -0.326 e. The number of nitrogens with two attached hydrogens (primary N) is 1.